The molecule has 150 valence electrons. The van der Waals surface area contributed by atoms with Gasteiger partial charge >= 0.3 is 0 Å². The molecule has 1 aliphatic heterocycles. The number of nitrogens with one attached hydrogen (secondary N) is 1. The number of rotatable bonds is 6. The van der Waals surface area contributed by atoms with Gasteiger partial charge in [-0.1, -0.05) is 25.1 Å². The normalized spacial score (nSPS) is 13.9. The van der Waals surface area contributed by atoms with Crippen molar-refractivity contribution < 1.29 is 14.4 Å². The molecule has 0 saturated carbocycles. The molecule has 0 fully saturated rings. The zero-order valence-corrected chi connectivity index (χ0v) is 17.7. The van der Waals surface area contributed by atoms with Crippen LogP contribution in [0.5, 0.6) is 0 Å². The quantitative estimate of drug-likeness (QED) is 0.736. The van der Waals surface area contributed by atoms with Crippen molar-refractivity contribution in [3.63, 3.8) is 0 Å². The summed E-state index contributed by atoms with van der Waals surface area (Å²) in [5.41, 5.74) is 3.14. The number of anilines is 3. The molecule has 29 heavy (non-hydrogen) atoms. The van der Waals surface area contributed by atoms with Crippen LogP contribution in [-0.4, -0.2) is 37.6 Å². The Morgan fingerprint density at radius 2 is 1.76 bits per heavy atom. The minimum atomic E-state index is -0.339. The van der Waals surface area contributed by atoms with Gasteiger partial charge in [-0.2, -0.15) is 0 Å². The highest BCUT2D eigenvalue weighted by molar-refractivity contribution is 8.04. The molecular weight excluding hydrogens is 386 g/mol. The Balaban J connectivity index is 2.01. The second-order valence-electron chi connectivity index (χ2n) is 6.76. The third-order valence-electron chi connectivity index (χ3n) is 4.43. The van der Waals surface area contributed by atoms with Crippen LogP contribution in [0.4, 0.5) is 17.1 Å². The topological polar surface area (TPSA) is 69.7 Å². The van der Waals surface area contributed by atoms with Gasteiger partial charge in [0.2, 0.25) is 5.91 Å². The smallest absolute Gasteiger partial charge is 0.272 e. The molecule has 0 radical (unpaired) electrons. The molecule has 6 nitrogen and oxygen atoms in total. The highest BCUT2D eigenvalue weighted by Crippen LogP contribution is 2.39. The summed E-state index contributed by atoms with van der Waals surface area (Å²) >= 11 is 1.36. The van der Waals surface area contributed by atoms with Crippen LogP contribution in [0.3, 0.4) is 0 Å². The summed E-state index contributed by atoms with van der Waals surface area (Å²) in [6.45, 7) is 3.38. The first kappa shape index (κ1) is 20.7. The molecule has 0 aromatic heterocycles. The molecule has 0 unspecified atom stereocenters. The first-order chi connectivity index (χ1) is 13.8. The molecule has 0 bridgehead atoms. The molecule has 0 aliphatic carbocycles. The lowest BCUT2D eigenvalue weighted by molar-refractivity contribution is -0.120. The second kappa shape index (κ2) is 8.53. The van der Waals surface area contributed by atoms with E-state index < -0.39 is 0 Å². The van der Waals surface area contributed by atoms with Crippen molar-refractivity contribution in [2.24, 2.45) is 0 Å². The standard InChI is InChI=1S/C22H23N3O3S/c1-5-29-20-19(15-9-11-16(12-10-15)23-14(2)26)21(27)25(22(20)28)18-8-6-7-17(13-18)24(3)4/h6-13H,5H2,1-4H3,(H,23,26). The van der Waals surface area contributed by atoms with Crippen molar-refractivity contribution in [3.05, 3.63) is 59.0 Å². The van der Waals surface area contributed by atoms with Crippen molar-refractivity contribution in [2.45, 2.75) is 13.8 Å². The number of thioether (sulfide) groups is 1. The van der Waals surface area contributed by atoms with Crippen LogP contribution in [0.15, 0.2) is 53.4 Å². The van der Waals surface area contributed by atoms with Crippen molar-refractivity contribution >= 4 is 52.1 Å². The van der Waals surface area contributed by atoms with E-state index in [1.54, 1.807) is 30.3 Å². The zero-order valence-electron chi connectivity index (χ0n) is 16.9. The molecule has 1 N–H and O–H groups in total. The average Bonchev–Trinajstić information content (AvgIpc) is 2.92. The van der Waals surface area contributed by atoms with Crippen LogP contribution in [0.2, 0.25) is 0 Å². The predicted octanol–water partition coefficient (Wildman–Crippen LogP) is 3.75. The van der Waals surface area contributed by atoms with Crippen LogP contribution in [0, 0.1) is 0 Å². The summed E-state index contributed by atoms with van der Waals surface area (Å²) in [5.74, 6) is -0.140. The van der Waals surface area contributed by atoms with Crippen molar-refractivity contribution in [2.75, 3.05) is 35.0 Å². The average molecular weight is 410 g/mol. The number of benzene rings is 2. The van der Waals surface area contributed by atoms with Crippen molar-refractivity contribution in [1.29, 1.82) is 0 Å². The molecule has 2 aromatic rings. The van der Waals surface area contributed by atoms with Gasteiger partial charge in [-0.25, -0.2) is 4.90 Å². The molecule has 1 aliphatic rings. The van der Waals surface area contributed by atoms with Gasteiger partial charge in [0, 0.05) is 32.4 Å². The Morgan fingerprint density at radius 1 is 1.07 bits per heavy atom. The van der Waals surface area contributed by atoms with Gasteiger partial charge in [0.25, 0.3) is 11.8 Å². The van der Waals surface area contributed by atoms with E-state index in [0.29, 0.717) is 33.2 Å². The van der Waals surface area contributed by atoms with Crippen LogP contribution >= 0.6 is 11.8 Å². The van der Waals surface area contributed by atoms with Crippen molar-refractivity contribution in [1.82, 2.24) is 0 Å². The van der Waals surface area contributed by atoms with Gasteiger partial charge in [-0.15, -0.1) is 11.8 Å². The fourth-order valence-electron chi connectivity index (χ4n) is 3.11. The third-order valence-corrected chi connectivity index (χ3v) is 5.38. The molecule has 3 rings (SSSR count). The molecular formula is C22H23N3O3S. The van der Waals surface area contributed by atoms with Gasteiger partial charge in [0.15, 0.2) is 0 Å². The lowest BCUT2D eigenvalue weighted by Gasteiger charge is -2.19. The van der Waals surface area contributed by atoms with Crippen LogP contribution in [0.25, 0.3) is 5.57 Å². The minimum Gasteiger partial charge on any atom is -0.378 e. The molecule has 0 atom stereocenters. The molecule has 0 saturated heterocycles. The zero-order chi connectivity index (χ0) is 21.1. The molecule has 2 aromatic carbocycles. The lowest BCUT2D eigenvalue weighted by atomic mass is 10.1. The SMILES string of the molecule is CCSC1=C(c2ccc(NC(C)=O)cc2)C(=O)N(c2cccc(N(C)C)c2)C1=O. The number of carbonyl (C=O) groups excluding carboxylic acids is 3. The van der Waals surface area contributed by atoms with E-state index in [9.17, 15) is 14.4 Å². The number of hydrogen-bond acceptors (Lipinski definition) is 5. The maximum Gasteiger partial charge on any atom is 0.272 e. The van der Waals surface area contributed by atoms with Crippen LogP contribution in [-0.2, 0) is 14.4 Å². The van der Waals surface area contributed by atoms with Gasteiger partial charge in [-0.3, -0.25) is 14.4 Å². The summed E-state index contributed by atoms with van der Waals surface area (Å²) < 4.78 is 0. The summed E-state index contributed by atoms with van der Waals surface area (Å²) in [6, 6.07) is 14.3. The van der Waals surface area contributed by atoms with Crippen molar-refractivity contribution in [3.8, 4) is 0 Å². The Morgan fingerprint density at radius 3 is 2.34 bits per heavy atom. The van der Waals surface area contributed by atoms with E-state index in [2.05, 4.69) is 5.32 Å². The minimum absolute atomic E-state index is 0.168. The van der Waals surface area contributed by atoms with E-state index in [1.165, 1.54) is 23.6 Å². The first-order valence-corrected chi connectivity index (χ1v) is 10.2. The van der Waals surface area contributed by atoms with Gasteiger partial charge in [0.05, 0.1) is 16.2 Å². The number of imide groups is 1. The predicted molar refractivity (Wildman–Crippen MR) is 119 cm³/mol. The first-order valence-electron chi connectivity index (χ1n) is 9.24. The Labute approximate surface area is 174 Å². The van der Waals surface area contributed by atoms with E-state index in [-0.39, 0.29) is 17.7 Å². The van der Waals surface area contributed by atoms with E-state index in [1.807, 2.05) is 44.1 Å². The Kier molecular flexibility index (Phi) is 6.08. The van der Waals surface area contributed by atoms with Gasteiger partial charge in [-0.05, 0) is 41.6 Å². The summed E-state index contributed by atoms with van der Waals surface area (Å²) in [6.07, 6.45) is 0. The third kappa shape index (κ3) is 4.19. The summed E-state index contributed by atoms with van der Waals surface area (Å²) in [5, 5.41) is 2.70. The Bertz CT molecular complexity index is 997. The number of hydrogen-bond donors (Lipinski definition) is 1. The fourth-order valence-corrected chi connectivity index (χ4v) is 3.96. The number of nitrogens with zero attached hydrogens (tertiary/aromatic N) is 2. The molecule has 0 spiro atoms. The molecule has 1 heterocycles. The number of amides is 3. The summed E-state index contributed by atoms with van der Waals surface area (Å²) in [7, 11) is 3.82. The summed E-state index contributed by atoms with van der Waals surface area (Å²) in [4.78, 5) is 41.3. The van der Waals surface area contributed by atoms with Gasteiger partial charge in [0.1, 0.15) is 0 Å². The van der Waals surface area contributed by atoms with E-state index in [0.717, 1.165) is 5.69 Å². The molecule has 3 amide bonds. The van der Waals surface area contributed by atoms with Crippen LogP contribution < -0.4 is 15.1 Å². The molecule has 7 heteroatoms. The van der Waals surface area contributed by atoms with E-state index >= 15 is 0 Å². The monoisotopic (exact) mass is 409 g/mol. The van der Waals surface area contributed by atoms with E-state index in [4.69, 9.17) is 0 Å². The number of carbonyl (C=O) groups is 3. The van der Waals surface area contributed by atoms with Crippen LogP contribution in [0.1, 0.15) is 19.4 Å². The van der Waals surface area contributed by atoms with Gasteiger partial charge < -0.3 is 10.2 Å². The maximum absolute atomic E-state index is 13.3. The highest BCUT2D eigenvalue weighted by Gasteiger charge is 2.40. The maximum atomic E-state index is 13.3. The largest absolute Gasteiger partial charge is 0.378 e. The fraction of sp³-hybridized carbons (Fsp3) is 0.227. The second-order valence-corrected chi connectivity index (χ2v) is 8.03. The Hall–Kier alpha value is -3.06. The highest BCUT2D eigenvalue weighted by atomic mass is 32.2. The lowest BCUT2D eigenvalue weighted by Crippen LogP contribution is -2.31.